The van der Waals surface area contributed by atoms with E-state index in [1.54, 1.807) is 20.8 Å². The van der Waals surface area contributed by atoms with E-state index in [-0.39, 0.29) is 0 Å². The van der Waals surface area contributed by atoms with Gasteiger partial charge in [-0.1, -0.05) is 39.4 Å². The Morgan fingerprint density at radius 2 is 1.80 bits per heavy atom. The lowest BCUT2D eigenvalue weighted by molar-refractivity contribution is -0.111. The van der Waals surface area contributed by atoms with Crippen LogP contribution in [0.25, 0.3) is 0 Å². The van der Waals surface area contributed by atoms with Crippen molar-refractivity contribution < 1.29 is 14.7 Å². The molecule has 116 valence electrons. The molecule has 0 aromatic rings. The molecule has 0 aromatic heterocycles. The molecule has 0 aromatic carbocycles. The van der Waals surface area contributed by atoms with Gasteiger partial charge in [-0.3, -0.25) is 5.21 Å². The highest BCUT2D eigenvalue weighted by atomic mass is 28.3. The standard InChI is InChI=1S/C15H29NO3Si/c1-12(2)11-13(9-10-20(6,7)8)16(18)14(17)19-15(3,4)5/h12-13,18H,11H2,1-8H3. The van der Waals surface area contributed by atoms with E-state index in [4.69, 9.17) is 4.74 Å². The van der Waals surface area contributed by atoms with Crippen LogP contribution in [0.2, 0.25) is 19.6 Å². The van der Waals surface area contributed by atoms with E-state index < -0.39 is 25.8 Å². The predicted molar refractivity (Wildman–Crippen MR) is 84.2 cm³/mol. The second-order valence-electron chi connectivity index (χ2n) is 7.49. The van der Waals surface area contributed by atoms with Gasteiger partial charge in [0.25, 0.3) is 0 Å². The largest absolute Gasteiger partial charge is 0.442 e. The lowest BCUT2D eigenvalue weighted by atomic mass is 10.0. The Kier molecular flexibility index (Phi) is 6.79. The summed E-state index contributed by atoms with van der Waals surface area (Å²) in [7, 11) is -1.55. The molecule has 0 heterocycles. The number of hydroxylamine groups is 2. The van der Waals surface area contributed by atoms with Gasteiger partial charge in [0.05, 0.1) is 0 Å². The highest BCUT2D eigenvalue weighted by Gasteiger charge is 2.27. The number of nitrogens with zero attached hydrogens (tertiary/aromatic N) is 1. The normalized spacial score (nSPS) is 13.5. The molecule has 0 saturated carbocycles. The molecule has 20 heavy (non-hydrogen) atoms. The van der Waals surface area contributed by atoms with Crippen LogP contribution in [-0.4, -0.2) is 36.1 Å². The van der Waals surface area contributed by atoms with E-state index >= 15 is 0 Å². The fourth-order valence-corrected chi connectivity index (χ4v) is 2.00. The second-order valence-corrected chi connectivity index (χ2v) is 12.2. The van der Waals surface area contributed by atoms with Crippen LogP contribution >= 0.6 is 0 Å². The van der Waals surface area contributed by atoms with Crippen molar-refractivity contribution in [3.63, 3.8) is 0 Å². The number of carbonyl (C=O) groups is 1. The maximum absolute atomic E-state index is 11.9. The topological polar surface area (TPSA) is 49.8 Å². The molecule has 0 spiro atoms. The average molecular weight is 299 g/mol. The van der Waals surface area contributed by atoms with Crippen molar-refractivity contribution in [3.8, 4) is 11.5 Å². The van der Waals surface area contributed by atoms with Crippen LogP contribution in [0.4, 0.5) is 4.79 Å². The molecular formula is C15H29NO3Si. The van der Waals surface area contributed by atoms with Gasteiger partial charge in [-0.15, -0.1) is 5.54 Å². The van der Waals surface area contributed by atoms with Crippen molar-refractivity contribution in [2.75, 3.05) is 0 Å². The van der Waals surface area contributed by atoms with Crippen molar-refractivity contribution in [2.45, 2.75) is 72.3 Å². The maximum Gasteiger partial charge on any atom is 0.435 e. The molecule has 0 radical (unpaired) electrons. The summed E-state index contributed by atoms with van der Waals surface area (Å²) in [6.07, 6.45) is -0.124. The molecular weight excluding hydrogens is 270 g/mol. The summed E-state index contributed by atoms with van der Waals surface area (Å²) in [5.41, 5.74) is 2.57. The molecule has 0 saturated heterocycles. The minimum absolute atomic E-state index is 0.327. The molecule has 1 atom stereocenters. The van der Waals surface area contributed by atoms with E-state index in [1.165, 1.54) is 0 Å². The van der Waals surface area contributed by atoms with Crippen molar-refractivity contribution >= 4 is 14.2 Å². The minimum atomic E-state index is -1.55. The molecule has 0 rings (SSSR count). The first-order valence-electron chi connectivity index (χ1n) is 7.05. The molecule has 0 aliphatic heterocycles. The quantitative estimate of drug-likeness (QED) is 0.372. The zero-order valence-corrected chi connectivity index (χ0v) is 15.1. The van der Waals surface area contributed by atoms with Gasteiger partial charge >= 0.3 is 6.09 Å². The number of ether oxygens (including phenoxy) is 1. The number of rotatable bonds is 3. The lowest BCUT2D eigenvalue weighted by Gasteiger charge is -2.27. The minimum Gasteiger partial charge on any atom is -0.442 e. The number of hydrogen-bond donors (Lipinski definition) is 1. The smallest absolute Gasteiger partial charge is 0.435 e. The summed E-state index contributed by atoms with van der Waals surface area (Å²) < 4.78 is 5.17. The Morgan fingerprint density at radius 3 is 2.15 bits per heavy atom. The van der Waals surface area contributed by atoms with Gasteiger partial charge in [-0.05, 0) is 33.1 Å². The van der Waals surface area contributed by atoms with Crippen LogP contribution in [0.15, 0.2) is 0 Å². The third kappa shape index (κ3) is 9.00. The monoisotopic (exact) mass is 299 g/mol. The zero-order valence-electron chi connectivity index (χ0n) is 14.1. The number of carbonyl (C=O) groups excluding carboxylic acids is 1. The highest BCUT2D eigenvalue weighted by Crippen LogP contribution is 2.15. The SMILES string of the molecule is CC(C)CC(C#C[Si](C)(C)C)N(O)C(=O)OC(C)(C)C. The number of amides is 1. The highest BCUT2D eigenvalue weighted by molar-refractivity contribution is 6.83. The zero-order chi connectivity index (χ0) is 16.1. The van der Waals surface area contributed by atoms with E-state index in [1.807, 2.05) is 13.8 Å². The summed E-state index contributed by atoms with van der Waals surface area (Å²) in [6.45, 7) is 15.8. The summed E-state index contributed by atoms with van der Waals surface area (Å²) in [4.78, 5) is 11.9. The molecule has 0 bridgehead atoms. The predicted octanol–water partition coefficient (Wildman–Crippen LogP) is 3.91. The molecule has 0 aliphatic carbocycles. The van der Waals surface area contributed by atoms with E-state index in [2.05, 4.69) is 31.1 Å². The molecule has 0 fully saturated rings. The van der Waals surface area contributed by atoms with Gasteiger partial charge in [-0.25, -0.2) is 4.79 Å². The van der Waals surface area contributed by atoms with Crippen LogP contribution in [-0.2, 0) is 4.74 Å². The van der Waals surface area contributed by atoms with Crippen molar-refractivity contribution in [3.05, 3.63) is 0 Å². The van der Waals surface area contributed by atoms with E-state index in [0.717, 1.165) is 0 Å². The van der Waals surface area contributed by atoms with Crippen LogP contribution in [0.5, 0.6) is 0 Å². The summed E-state index contributed by atoms with van der Waals surface area (Å²) in [5, 5.41) is 10.7. The molecule has 1 amide bonds. The molecule has 0 aliphatic rings. The van der Waals surface area contributed by atoms with Crippen molar-refractivity contribution in [1.29, 1.82) is 0 Å². The van der Waals surface area contributed by atoms with E-state index in [9.17, 15) is 10.0 Å². The second kappa shape index (κ2) is 7.14. The molecule has 4 nitrogen and oxygen atoms in total. The van der Waals surface area contributed by atoms with E-state index in [0.29, 0.717) is 17.4 Å². The Balaban J connectivity index is 5.02. The fourth-order valence-electron chi connectivity index (χ4n) is 1.40. The summed E-state index contributed by atoms with van der Waals surface area (Å²) >= 11 is 0. The van der Waals surface area contributed by atoms with Gasteiger partial charge < -0.3 is 4.74 Å². The summed E-state index contributed by atoms with van der Waals surface area (Å²) in [6, 6.07) is -0.517. The van der Waals surface area contributed by atoms with Gasteiger partial charge in [0.2, 0.25) is 0 Å². The fraction of sp³-hybridized carbons (Fsp3) is 0.800. The Hall–Kier alpha value is -0.993. The van der Waals surface area contributed by atoms with Gasteiger partial charge in [0.15, 0.2) is 0 Å². The van der Waals surface area contributed by atoms with Crippen LogP contribution in [0, 0.1) is 17.4 Å². The van der Waals surface area contributed by atoms with Gasteiger partial charge in [0.1, 0.15) is 19.7 Å². The lowest BCUT2D eigenvalue weighted by Crippen LogP contribution is -2.41. The first kappa shape index (κ1) is 19.0. The Bertz CT molecular complexity index is 383. The third-order valence-corrected chi connectivity index (χ3v) is 3.08. The first-order valence-corrected chi connectivity index (χ1v) is 10.6. The number of hydrogen-bond acceptors (Lipinski definition) is 3. The summed E-state index contributed by atoms with van der Waals surface area (Å²) in [5.74, 6) is 3.37. The van der Waals surface area contributed by atoms with Crippen molar-refractivity contribution in [2.24, 2.45) is 5.92 Å². The van der Waals surface area contributed by atoms with Crippen LogP contribution in [0.3, 0.4) is 0 Å². The van der Waals surface area contributed by atoms with Gasteiger partial charge in [0, 0.05) is 0 Å². The Labute approximate surface area is 124 Å². The van der Waals surface area contributed by atoms with Crippen LogP contribution < -0.4 is 0 Å². The molecule has 5 heteroatoms. The van der Waals surface area contributed by atoms with Gasteiger partial charge in [-0.2, -0.15) is 5.06 Å². The molecule has 1 N–H and O–H groups in total. The van der Waals surface area contributed by atoms with Crippen molar-refractivity contribution in [1.82, 2.24) is 5.06 Å². The van der Waals surface area contributed by atoms with Crippen LogP contribution in [0.1, 0.15) is 41.0 Å². The third-order valence-electron chi connectivity index (χ3n) is 2.18. The first-order chi connectivity index (χ1) is 8.82. The molecule has 1 unspecified atom stereocenters. The Morgan fingerprint density at radius 1 is 1.30 bits per heavy atom. The average Bonchev–Trinajstić information content (AvgIpc) is 2.18. The maximum atomic E-state index is 11.9.